The molecule has 1 aliphatic rings. The van der Waals surface area contributed by atoms with Crippen LogP contribution in [0.15, 0.2) is 72.8 Å². The number of carbonyl (C=O) groups is 1. The van der Waals surface area contributed by atoms with Gasteiger partial charge in [0, 0.05) is 16.9 Å². The summed E-state index contributed by atoms with van der Waals surface area (Å²) in [5, 5.41) is 11.9. The van der Waals surface area contributed by atoms with Crippen LogP contribution in [0.1, 0.15) is 12.5 Å². The first kappa shape index (κ1) is 22.5. The molecule has 33 heavy (non-hydrogen) atoms. The standard InChI is InChI=1S/C23H17F5N2O3/c1-14-22(32,15-3-2-4-20(13-15)33-23(26,27)28)30(19-11-7-17(25)8-12-19)21(31)29(14)18-9-5-16(24)6-10-18/h2-14,32H,1H3/t14-,22?/m1/s1. The topological polar surface area (TPSA) is 53.0 Å². The van der Waals surface area contributed by atoms with Gasteiger partial charge in [0.15, 0.2) is 5.72 Å². The number of halogens is 5. The van der Waals surface area contributed by atoms with E-state index >= 15 is 0 Å². The first-order chi connectivity index (χ1) is 15.5. The summed E-state index contributed by atoms with van der Waals surface area (Å²) in [6.07, 6.45) is -4.96. The SMILES string of the molecule is C[C@H]1N(c2ccc(F)cc2)C(=O)N(c2ccc(F)cc2)C1(O)c1cccc(OC(F)(F)F)c1. The van der Waals surface area contributed by atoms with Gasteiger partial charge in [0.05, 0.1) is 6.04 Å². The van der Waals surface area contributed by atoms with Gasteiger partial charge in [0.2, 0.25) is 0 Å². The largest absolute Gasteiger partial charge is 0.573 e. The zero-order valence-corrected chi connectivity index (χ0v) is 17.1. The van der Waals surface area contributed by atoms with Crippen LogP contribution in [-0.2, 0) is 5.72 Å². The Kier molecular flexibility index (Phi) is 5.49. The Labute approximate surface area is 185 Å². The van der Waals surface area contributed by atoms with Crippen LogP contribution in [0.5, 0.6) is 5.75 Å². The number of amides is 2. The van der Waals surface area contributed by atoms with Gasteiger partial charge < -0.3 is 9.84 Å². The first-order valence-corrected chi connectivity index (χ1v) is 9.74. The van der Waals surface area contributed by atoms with E-state index in [1.54, 1.807) is 0 Å². The van der Waals surface area contributed by atoms with Crippen LogP contribution in [0.2, 0.25) is 0 Å². The molecule has 0 radical (unpaired) electrons. The van der Waals surface area contributed by atoms with Gasteiger partial charge in [-0.1, -0.05) is 12.1 Å². The molecule has 2 atom stereocenters. The fraction of sp³-hybridized carbons (Fsp3) is 0.174. The minimum Gasteiger partial charge on any atom is -0.406 e. The van der Waals surface area contributed by atoms with E-state index in [9.17, 15) is 31.9 Å². The number of rotatable bonds is 4. The molecule has 0 aliphatic carbocycles. The summed E-state index contributed by atoms with van der Waals surface area (Å²) in [6.45, 7) is 1.49. The number of ether oxygens (including phenoxy) is 1. The van der Waals surface area contributed by atoms with E-state index in [4.69, 9.17) is 0 Å². The molecule has 10 heteroatoms. The second-order valence-electron chi connectivity index (χ2n) is 7.42. The second kappa shape index (κ2) is 8.04. The van der Waals surface area contributed by atoms with Crippen LogP contribution < -0.4 is 14.5 Å². The van der Waals surface area contributed by atoms with Crippen LogP contribution in [0.25, 0.3) is 0 Å². The Morgan fingerprint density at radius 3 is 2.00 bits per heavy atom. The first-order valence-electron chi connectivity index (χ1n) is 9.74. The number of benzene rings is 3. The van der Waals surface area contributed by atoms with Crippen LogP contribution in [-0.4, -0.2) is 23.5 Å². The number of urea groups is 1. The van der Waals surface area contributed by atoms with Gasteiger partial charge in [-0.25, -0.2) is 13.6 Å². The van der Waals surface area contributed by atoms with Crippen LogP contribution in [0.3, 0.4) is 0 Å². The summed E-state index contributed by atoms with van der Waals surface area (Å²) >= 11 is 0. The molecule has 0 bridgehead atoms. The lowest BCUT2D eigenvalue weighted by Crippen LogP contribution is -2.48. The molecule has 1 heterocycles. The molecule has 1 saturated heterocycles. The van der Waals surface area contributed by atoms with Gasteiger partial charge in [-0.15, -0.1) is 13.2 Å². The molecule has 0 spiro atoms. The number of hydrogen-bond donors (Lipinski definition) is 1. The number of anilines is 2. The predicted octanol–water partition coefficient (Wildman–Crippen LogP) is 5.54. The lowest BCUT2D eigenvalue weighted by molar-refractivity contribution is -0.274. The highest BCUT2D eigenvalue weighted by molar-refractivity contribution is 6.08. The van der Waals surface area contributed by atoms with Crippen molar-refractivity contribution >= 4 is 17.4 Å². The smallest absolute Gasteiger partial charge is 0.406 e. The van der Waals surface area contributed by atoms with Crippen molar-refractivity contribution < 1.29 is 36.6 Å². The van der Waals surface area contributed by atoms with Crippen molar-refractivity contribution in [1.82, 2.24) is 0 Å². The van der Waals surface area contributed by atoms with Crippen LogP contribution in [0, 0.1) is 11.6 Å². The molecule has 3 aromatic carbocycles. The van der Waals surface area contributed by atoms with E-state index in [-0.39, 0.29) is 16.9 Å². The van der Waals surface area contributed by atoms with Crippen molar-refractivity contribution in [2.24, 2.45) is 0 Å². The summed E-state index contributed by atoms with van der Waals surface area (Å²) in [5.74, 6) is -1.72. The van der Waals surface area contributed by atoms with Gasteiger partial charge in [-0.3, -0.25) is 9.80 Å². The normalized spacial score (nSPS) is 20.9. The fourth-order valence-electron chi connectivity index (χ4n) is 3.91. The minimum absolute atomic E-state index is 0.0703. The number of alkyl halides is 3. The van der Waals surface area contributed by atoms with Crippen molar-refractivity contribution in [3.63, 3.8) is 0 Å². The van der Waals surface area contributed by atoms with Crippen molar-refractivity contribution in [2.45, 2.75) is 25.1 Å². The highest BCUT2D eigenvalue weighted by atomic mass is 19.4. The molecule has 0 aromatic heterocycles. The van der Waals surface area contributed by atoms with Crippen molar-refractivity contribution in [2.75, 3.05) is 9.80 Å². The molecule has 4 rings (SSSR count). The van der Waals surface area contributed by atoms with Crippen molar-refractivity contribution in [1.29, 1.82) is 0 Å². The van der Waals surface area contributed by atoms with E-state index in [1.807, 2.05) is 0 Å². The number of hydrogen-bond acceptors (Lipinski definition) is 3. The Balaban J connectivity index is 1.87. The average molecular weight is 464 g/mol. The zero-order valence-electron chi connectivity index (χ0n) is 17.1. The molecule has 1 N–H and O–H groups in total. The van der Waals surface area contributed by atoms with Gasteiger partial charge in [0.25, 0.3) is 0 Å². The molecule has 0 saturated carbocycles. The Bertz CT molecular complexity index is 1170. The lowest BCUT2D eigenvalue weighted by Gasteiger charge is -2.35. The van der Waals surface area contributed by atoms with E-state index in [2.05, 4.69) is 4.74 Å². The quantitative estimate of drug-likeness (QED) is 0.516. The molecule has 1 unspecified atom stereocenters. The van der Waals surface area contributed by atoms with Gasteiger partial charge in [0.1, 0.15) is 17.4 Å². The van der Waals surface area contributed by atoms with E-state index in [0.717, 1.165) is 41.3 Å². The highest BCUT2D eigenvalue weighted by Crippen LogP contribution is 2.45. The summed E-state index contributed by atoms with van der Waals surface area (Å²) in [5.41, 5.74) is -1.91. The van der Waals surface area contributed by atoms with Crippen molar-refractivity contribution in [3.8, 4) is 5.75 Å². The molecule has 1 aliphatic heterocycles. The summed E-state index contributed by atoms with van der Waals surface area (Å²) in [7, 11) is 0. The molecule has 2 amide bonds. The zero-order chi connectivity index (χ0) is 24.0. The number of nitrogens with zero attached hydrogens (tertiary/aromatic N) is 2. The van der Waals surface area contributed by atoms with Crippen LogP contribution >= 0.6 is 0 Å². The molecule has 3 aromatic rings. The van der Waals surface area contributed by atoms with Gasteiger partial charge >= 0.3 is 12.4 Å². The molecule has 1 fully saturated rings. The number of aliphatic hydroxyl groups is 1. The minimum atomic E-state index is -4.96. The Hall–Kier alpha value is -3.66. The third kappa shape index (κ3) is 4.09. The summed E-state index contributed by atoms with van der Waals surface area (Å²) in [6, 6.07) is 12.4. The summed E-state index contributed by atoms with van der Waals surface area (Å²) in [4.78, 5) is 15.6. The van der Waals surface area contributed by atoms with Gasteiger partial charge in [-0.05, 0) is 67.6 Å². The summed E-state index contributed by atoms with van der Waals surface area (Å²) < 4.78 is 69.2. The maximum absolute atomic E-state index is 13.5. The molecule has 172 valence electrons. The fourth-order valence-corrected chi connectivity index (χ4v) is 3.91. The number of carbonyl (C=O) groups excluding carboxylic acids is 1. The van der Waals surface area contributed by atoms with Crippen LogP contribution in [0.4, 0.5) is 38.1 Å². The average Bonchev–Trinajstić information content (AvgIpc) is 2.95. The monoisotopic (exact) mass is 464 g/mol. The predicted molar refractivity (Wildman–Crippen MR) is 110 cm³/mol. The molecule has 5 nitrogen and oxygen atoms in total. The maximum atomic E-state index is 13.5. The van der Waals surface area contributed by atoms with E-state index in [1.165, 1.54) is 48.2 Å². The highest BCUT2D eigenvalue weighted by Gasteiger charge is 2.57. The lowest BCUT2D eigenvalue weighted by atomic mass is 9.94. The molecular weight excluding hydrogens is 447 g/mol. The van der Waals surface area contributed by atoms with E-state index in [0.29, 0.717) is 0 Å². The molecular formula is C23H17F5N2O3. The van der Waals surface area contributed by atoms with Crippen molar-refractivity contribution in [3.05, 3.63) is 90.0 Å². The Morgan fingerprint density at radius 1 is 0.909 bits per heavy atom. The third-order valence-electron chi connectivity index (χ3n) is 5.39. The van der Waals surface area contributed by atoms with E-state index < -0.39 is 41.5 Å². The Morgan fingerprint density at radius 2 is 1.45 bits per heavy atom. The second-order valence-corrected chi connectivity index (χ2v) is 7.42. The third-order valence-corrected chi connectivity index (χ3v) is 5.39. The maximum Gasteiger partial charge on any atom is 0.573 e. The van der Waals surface area contributed by atoms with Gasteiger partial charge in [-0.2, -0.15) is 0 Å².